The Balaban J connectivity index is 1.81. The first-order chi connectivity index (χ1) is 10.7. The number of nitrogens with one attached hydrogen (secondary N) is 2. The van der Waals surface area contributed by atoms with Gasteiger partial charge in [0.15, 0.2) is 5.96 Å². The molecule has 22 heavy (non-hydrogen) atoms. The van der Waals surface area contributed by atoms with Crippen LogP contribution in [0, 0.1) is 13.8 Å². The van der Waals surface area contributed by atoms with Gasteiger partial charge in [0.2, 0.25) is 0 Å². The van der Waals surface area contributed by atoms with Gasteiger partial charge in [-0.1, -0.05) is 5.16 Å². The molecular formula is C16H25N5O. The van der Waals surface area contributed by atoms with E-state index in [2.05, 4.69) is 44.7 Å². The average molecular weight is 303 g/mol. The van der Waals surface area contributed by atoms with E-state index in [-0.39, 0.29) is 0 Å². The van der Waals surface area contributed by atoms with Crippen molar-refractivity contribution in [2.45, 2.75) is 33.7 Å². The highest BCUT2D eigenvalue weighted by Crippen LogP contribution is 2.12. The van der Waals surface area contributed by atoms with Gasteiger partial charge in [-0.05, 0) is 39.3 Å². The highest BCUT2D eigenvalue weighted by atomic mass is 16.5. The third-order valence-corrected chi connectivity index (χ3v) is 3.49. The summed E-state index contributed by atoms with van der Waals surface area (Å²) in [5.74, 6) is 1.74. The van der Waals surface area contributed by atoms with Gasteiger partial charge in [-0.2, -0.15) is 0 Å². The minimum absolute atomic E-state index is 0.710. The van der Waals surface area contributed by atoms with Crippen molar-refractivity contribution in [2.75, 3.05) is 19.6 Å². The molecule has 2 heterocycles. The summed E-state index contributed by atoms with van der Waals surface area (Å²) in [6, 6.07) is 4.06. The molecule has 0 saturated carbocycles. The van der Waals surface area contributed by atoms with Crippen LogP contribution in [0.3, 0.4) is 0 Å². The molecule has 2 rings (SSSR count). The fourth-order valence-corrected chi connectivity index (χ4v) is 2.30. The van der Waals surface area contributed by atoms with E-state index in [4.69, 9.17) is 4.52 Å². The van der Waals surface area contributed by atoms with Gasteiger partial charge in [0.05, 0.1) is 5.69 Å². The first kappa shape index (κ1) is 16.1. The fraction of sp³-hybridized carbons (Fsp3) is 0.500. The molecule has 2 aromatic rings. The molecule has 0 aliphatic heterocycles. The predicted molar refractivity (Wildman–Crippen MR) is 88.1 cm³/mol. The van der Waals surface area contributed by atoms with Crippen LogP contribution in [0.15, 0.2) is 34.0 Å². The molecule has 0 radical (unpaired) electrons. The third-order valence-electron chi connectivity index (χ3n) is 3.49. The third kappa shape index (κ3) is 4.65. The van der Waals surface area contributed by atoms with Crippen molar-refractivity contribution in [3.63, 3.8) is 0 Å². The van der Waals surface area contributed by atoms with E-state index in [0.29, 0.717) is 6.54 Å². The Morgan fingerprint density at radius 3 is 2.68 bits per heavy atom. The Labute approximate surface area is 131 Å². The minimum Gasteiger partial charge on any atom is -0.361 e. The second kappa shape index (κ2) is 8.26. The first-order valence-electron chi connectivity index (χ1n) is 7.75. The Bertz CT molecular complexity index is 566. The molecule has 0 amide bonds. The molecule has 0 fully saturated rings. The number of aromatic nitrogens is 2. The van der Waals surface area contributed by atoms with Crippen molar-refractivity contribution >= 4 is 5.96 Å². The summed E-state index contributed by atoms with van der Waals surface area (Å²) in [5.41, 5.74) is 2.12. The van der Waals surface area contributed by atoms with Gasteiger partial charge in [0, 0.05) is 44.1 Å². The quantitative estimate of drug-likeness (QED) is 0.605. The summed E-state index contributed by atoms with van der Waals surface area (Å²) < 4.78 is 7.31. The van der Waals surface area contributed by atoms with Gasteiger partial charge in [0.25, 0.3) is 0 Å². The normalized spacial score (nSPS) is 11.7. The van der Waals surface area contributed by atoms with E-state index >= 15 is 0 Å². The van der Waals surface area contributed by atoms with E-state index in [0.717, 1.165) is 49.0 Å². The Morgan fingerprint density at radius 2 is 2.05 bits per heavy atom. The highest BCUT2D eigenvalue weighted by Gasteiger charge is 2.08. The Kier molecular flexibility index (Phi) is 6.06. The van der Waals surface area contributed by atoms with Gasteiger partial charge in [0.1, 0.15) is 5.76 Å². The second-order valence-corrected chi connectivity index (χ2v) is 5.16. The van der Waals surface area contributed by atoms with Gasteiger partial charge in [-0.25, -0.2) is 0 Å². The molecule has 0 aliphatic rings. The lowest BCUT2D eigenvalue weighted by Crippen LogP contribution is -2.39. The van der Waals surface area contributed by atoms with E-state index in [1.807, 2.05) is 26.0 Å². The summed E-state index contributed by atoms with van der Waals surface area (Å²) in [6.07, 6.45) is 4.96. The number of aryl methyl sites for hydroxylation is 2. The van der Waals surface area contributed by atoms with Crippen LogP contribution in [-0.2, 0) is 13.0 Å². The number of hydrogen-bond acceptors (Lipinski definition) is 3. The van der Waals surface area contributed by atoms with Gasteiger partial charge in [-0.15, -0.1) is 0 Å². The number of aliphatic imine (C=N–C) groups is 1. The molecule has 2 aromatic heterocycles. The Morgan fingerprint density at radius 1 is 1.27 bits per heavy atom. The maximum atomic E-state index is 5.17. The van der Waals surface area contributed by atoms with Crippen molar-refractivity contribution in [2.24, 2.45) is 4.99 Å². The maximum Gasteiger partial charge on any atom is 0.191 e. The van der Waals surface area contributed by atoms with E-state index in [1.54, 1.807) is 0 Å². The van der Waals surface area contributed by atoms with E-state index in [9.17, 15) is 0 Å². The number of hydrogen-bond donors (Lipinski definition) is 2. The summed E-state index contributed by atoms with van der Waals surface area (Å²) in [7, 11) is 0. The number of rotatable bonds is 7. The lowest BCUT2D eigenvalue weighted by Gasteiger charge is -2.11. The second-order valence-electron chi connectivity index (χ2n) is 5.16. The van der Waals surface area contributed by atoms with E-state index in [1.165, 1.54) is 0 Å². The van der Waals surface area contributed by atoms with Gasteiger partial charge >= 0.3 is 0 Å². The monoisotopic (exact) mass is 303 g/mol. The molecule has 6 nitrogen and oxygen atoms in total. The topological polar surface area (TPSA) is 67.4 Å². The van der Waals surface area contributed by atoms with Crippen LogP contribution in [0.2, 0.25) is 0 Å². The standard InChI is InChI=1S/C16H25N5O/c1-4-17-16(19-9-12-21-10-5-6-11-21)18-8-7-15-13(2)20-22-14(15)3/h5-6,10-11H,4,7-9,12H2,1-3H3,(H2,17,18,19). The Hall–Kier alpha value is -2.24. The van der Waals surface area contributed by atoms with Crippen molar-refractivity contribution in [3.05, 3.63) is 41.5 Å². The molecule has 0 bridgehead atoms. The van der Waals surface area contributed by atoms with E-state index < -0.39 is 0 Å². The number of nitrogens with zero attached hydrogens (tertiary/aromatic N) is 3. The zero-order valence-corrected chi connectivity index (χ0v) is 13.6. The molecule has 0 unspecified atom stereocenters. The molecule has 0 aromatic carbocycles. The smallest absolute Gasteiger partial charge is 0.191 e. The van der Waals surface area contributed by atoms with Crippen LogP contribution in [-0.4, -0.2) is 35.3 Å². The van der Waals surface area contributed by atoms with Crippen LogP contribution in [0.4, 0.5) is 0 Å². The zero-order chi connectivity index (χ0) is 15.8. The van der Waals surface area contributed by atoms with Crippen molar-refractivity contribution < 1.29 is 4.52 Å². The van der Waals surface area contributed by atoms with Crippen LogP contribution in [0.1, 0.15) is 23.9 Å². The molecule has 0 aliphatic carbocycles. The van der Waals surface area contributed by atoms with Crippen LogP contribution in [0.5, 0.6) is 0 Å². The molecular weight excluding hydrogens is 278 g/mol. The number of guanidine groups is 1. The summed E-state index contributed by atoms with van der Waals surface area (Å²) in [5, 5.41) is 10.6. The maximum absolute atomic E-state index is 5.17. The lowest BCUT2D eigenvalue weighted by atomic mass is 10.1. The van der Waals surface area contributed by atoms with Gasteiger partial charge < -0.3 is 19.7 Å². The fourth-order valence-electron chi connectivity index (χ4n) is 2.30. The van der Waals surface area contributed by atoms with Crippen LogP contribution in [0.25, 0.3) is 0 Å². The summed E-state index contributed by atoms with van der Waals surface area (Å²) >= 11 is 0. The highest BCUT2D eigenvalue weighted by molar-refractivity contribution is 5.79. The molecule has 2 N–H and O–H groups in total. The van der Waals surface area contributed by atoms with Crippen molar-refractivity contribution in [1.82, 2.24) is 20.4 Å². The van der Waals surface area contributed by atoms with Crippen LogP contribution >= 0.6 is 0 Å². The molecule has 0 spiro atoms. The van der Waals surface area contributed by atoms with Gasteiger partial charge in [-0.3, -0.25) is 4.99 Å². The summed E-state index contributed by atoms with van der Waals surface area (Å²) in [6.45, 7) is 9.29. The molecule has 0 atom stereocenters. The largest absolute Gasteiger partial charge is 0.361 e. The minimum atomic E-state index is 0.710. The SMILES string of the molecule is CCNC(=NCCc1c(C)noc1C)NCCn1cccc1. The van der Waals surface area contributed by atoms with Crippen molar-refractivity contribution in [1.29, 1.82) is 0 Å². The first-order valence-corrected chi connectivity index (χ1v) is 7.75. The lowest BCUT2D eigenvalue weighted by molar-refractivity contribution is 0.392. The summed E-state index contributed by atoms with van der Waals surface area (Å²) in [4.78, 5) is 4.61. The average Bonchev–Trinajstić information content (AvgIpc) is 3.12. The van der Waals surface area contributed by atoms with Crippen LogP contribution < -0.4 is 10.6 Å². The molecule has 0 saturated heterocycles. The zero-order valence-electron chi connectivity index (χ0n) is 13.6. The van der Waals surface area contributed by atoms with Crippen molar-refractivity contribution in [3.8, 4) is 0 Å². The molecule has 120 valence electrons. The molecule has 6 heteroatoms. The predicted octanol–water partition coefficient (Wildman–Crippen LogP) is 1.89.